The van der Waals surface area contributed by atoms with E-state index >= 15 is 4.39 Å². The summed E-state index contributed by atoms with van der Waals surface area (Å²) in [6.07, 6.45) is 1.65. The number of nitrogens with one attached hydrogen (secondary N) is 5. The van der Waals surface area contributed by atoms with Gasteiger partial charge in [0.15, 0.2) is 5.82 Å². The molecule has 4 amide bonds. The number of H-pyrrole nitrogens is 1. The number of benzene rings is 3. The second-order valence-electron chi connectivity index (χ2n) is 17.9. The van der Waals surface area contributed by atoms with Crippen molar-refractivity contribution in [1.29, 1.82) is 0 Å². The van der Waals surface area contributed by atoms with Crippen LogP contribution in [0.4, 0.5) is 20.2 Å². The molecule has 3 aromatic heterocycles. The highest BCUT2D eigenvalue weighted by Gasteiger charge is 2.44. The number of carbonyl (C=O) groups is 5. The Morgan fingerprint density at radius 3 is 2.30 bits per heavy atom. The zero-order valence-electron chi connectivity index (χ0n) is 38.5. The number of aliphatic hydroxyl groups excluding tert-OH is 1. The topological polar surface area (TPSA) is 233 Å². The second-order valence-corrected chi connectivity index (χ2v) is 20.6. The van der Waals surface area contributed by atoms with Gasteiger partial charge in [-0.05, 0) is 65.8 Å². The van der Waals surface area contributed by atoms with Gasteiger partial charge in [0, 0.05) is 66.9 Å². The summed E-state index contributed by atoms with van der Waals surface area (Å²) >= 11 is 1.54. The maximum absolute atomic E-state index is 15.5. The first-order valence-electron chi connectivity index (χ1n) is 22.2. The van der Waals surface area contributed by atoms with Crippen LogP contribution in [0, 0.1) is 24.0 Å². The quantitative estimate of drug-likeness (QED) is 0.0521. The van der Waals surface area contributed by atoms with Crippen molar-refractivity contribution in [3.63, 3.8) is 0 Å². The number of likely N-dealkylation sites (tertiary alicyclic amines) is 1. The van der Waals surface area contributed by atoms with Crippen molar-refractivity contribution in [1.82, 2.24) is 30.5 Å². The molecule has 0 saturated carbocycles. The fourth-order valence-corrected chi connectivity index (χ4v) is 9.96. The first-order valence-corrected chi connectivity index (χ1v) is 24.7. The Morgan fingerprint density at radius 2 is 1.64 bits per heavy atom. The van der Waals surface area contributed by atoms with Crippen LogP contribution < -0.4 is 20.7 Å². The zero-order chi connectivity index (χ0) is 49.8. The van der Waals surface area contributed by atoms with E-state index in [0.717, 1.165) is 33.8 Å². The number of halogens is 2. The molecule has 16 nitrogen and oxygen atoms in total. The fraction of sp³-hybridized carbons (Fsp3) is 0.327. The SMILES string of the molecule is CCCS(=O)(=O)Nc1ccc(F)c(C(=O)c2c[nH]c3ncc(-c4ccc(NC(=O)CCC(=O)N[C@H](C(=O)N5C[C@H](O)C[C@H]5C(=O)NCc5ccc(-c6scnc6C)cc5)C(C)(C)C)cc4)cc23)c1F. The molecule has 6 aromatic rings. The van der Waals surface area contributed by atoms with Crippen molar-refractivity contribution in [3.05, 3.63) is 119 Å². The van der Waals surface area contributed by atoms with Crippen molar-refractivity contribution in [2.24, 2.45) is 5.41 Å². The minimum Gasteiger partial charge on any atom is -0.391 e. The van der Waals surface area contributed by atoms with Gasteiger partial charge >= 0.3 is 0 Å². The van der Waals surface area contributed by atoms with E-state index in [1.807, 2.05) is 31.2 Å². The molecule has 0 radical (unpaired) electrons. The molecule has 1 aliphatic heterocycles. The number of aliphatic hydroxyl groups is 1. The summed E-state index contributed by atoms with van der Waals surface area (Å²) in [4.78, 5) is 81.3. The van der Waals surface area contributed by atoms with Crippen molar-refractivity contribution in [2.45, 2.75) is 85.0 Å². The van der Waals surface area contributed by atoms with Crippen molar-refractivity contribution < 1.29 is 46.3 Å². The molecule has 69 heavy (non-hydrogen) atoms. The lowest BCUT2D eigenvalue weighted by Crippen LogP contribution is -2.57. The van der Waals surface area contributed by atoms with Crippen LogP contribution in [0.25, 0.3) is 32.6 Å². The van der Waals surface area contributed by atoms with Crippen LogP contribution in [0.15, 0.2) is 84.6 Å². The van der Waals surface area contributed by atoms with E-state index in [1.165, 1.54) is 17.3 Å². The normalized spacial score (nSPS) is 15.4. The molecule has 3 atom stereocenters. The molecule has 1 aliphatic rings. The predicted octanol–water partition coefficient (Wildman–Crippen LogP) is 6.85. The summed E-state index contributed by atoms with van der Waals surface area (Å²) in [5.74, 6) is -5.87. The molecular weight excluding hydrogens is 931 g/mol. The number of rotatable bonds is 17. The number of pyridine rings is 1. The van der Waals surface area contributed by atoms with Gasteiger partial charge in [0.05, 0.1) is 39.2 Å². The highest BCUT2D eigenvalue weighted by molar-refractivity contribution is 7.92. The Bertz CT molecular complexity index is 3030. The summed E-state index contributed by atoms with van der Waals surface area (Å²) in [5.41, 5.74) is 3.98. The second kappa shape index (κ2) is 20.8. The lowest BCUT2D eigenvalue weighted by atomic mass is 9.85. The molecular formula is C49H52F2N8O8S2. The molecule has 0 bridgehead atoms. The van der Waals surface area contributed by atoms with Crippen LogP contribution in [-0.2, 0) is 35.7 Å². The smallest absolute Gasteiger partial charge is 0.246 e. The molecule has 1 fully saturated rings. The average molecular weight is 983 g/mol. The predicted molar refractivity (Wildman–Crippen MR) is 259 cm³/mol. The molecule has 3 aromatic carbocycles. The van der Waals surface area contributed by atoms with E-state index in [9.17, 15) is 41.9 Å². The number of hydrogen-bond acceptors (Lipinski definition) is 11. The molecule has 1 saturated heterocycles. The van der Waals surface area contributed by atoms with E-state index in [4.69, 9.17) is 0 Å². The van der Waals surface area contributed by atoms with Crippen LogP contribution in [0.5, 0.6) is 0 Å². The maximum atomic E-state index is 15.5. The van der Waals surface area contributed by atoms with Gasteiger partial charge in [-0.15, -0.1) is 11.3 Å². The Kier molecular flexibility index (Phi) is 15.0. The number of aromatic nitrogens is 3. The summed E-state index contributed by atoms with van der Waals surface area (Å²) in [7, 11) is -3.94. The van der Waals surface area contributed by atoms with Gasteiger partial charge in [-0.2, -0.15) is 0 Å². The highest BCUT2D eigenvalue weighted by atomic mass is 32.2. The Balaban J connectivity index is 0.941. The van der Waals surface area contributed by atoms with E-state index in [2.05, 4.69) is 35.6 Å². The number of carbonyl (C=O) groups excluding carboxylic acids is 5. The fourth-order valence-electron chi connectivity index (χ4n) is 8.02. The van der Waals surface area contributed by atoms with Crippen LogP contribution in [0.2, 0.25) is 0 Å². The summed E-state index contributed by atoms with van der Waals surface area (Å²) in [5, 5.41) is 19.2. The number of thiazole rings is 1. The Labute approximate surface area is 401 Å². The third kappa shape index (κ3) is 11.7. The van der Waals surface area contributed by atoms with Gasteiger partial charge in [-0.3, -0.25) is 28.7 Å². The molecule has 362 valence electrons. The molecule has 20 heteroatoms. The summed E-state index contributed by atoms with van der Waals surface area (Å²) in [6, 6.07) is 15.6. The number of aromatic amines is 1. The van der Waals surface area contributed by atoms with Gasteiger partial charge in [0.1, 0.15) is 23.5 Å². The van der Waals surface area contributed by atoms with Gasteiger partial charge in [0.2, 0.25) is 39.4 Å². The van der Waals surface area contributed by atoms with Gasteiger partial charge < -0.3 is 30.9 Å². The number of ketones is 1. The number of sulfonamides is 1. The number of fused-ring (bicyclic) bond motifs is 1. The number of amides is 4. The number of β-amino-alcohol motifs (C(OH)–C–C–N with tert-alkyl or cyclic N) is 1. The zero-order valence-corrected chi connectivity index (χ0v) is 40.1. The lowest BCUT2D eigenvalue weighted by Gasteiger charge is -2.35. The highest BCUT2D eigenvalue weighted by Crippen LogP contribution is 2.32. The van der Waals surface area contributed by atoms with Crippen LogP contribution in [-0.4, -0.2) is 93.3 Å². The number of aryl methyl sites for hydroxylation is 1. The maximum Gasteiger partial charge on any atom is 0.246 e. The first kappa shape index (κ1) is 50.0. The van der Waals surface area contributed by atoms with Crippen LogP contribution >= 0.6 is 11.3 Å². The standard InChI is InChI=1S/C49H52F2N8O8S2/c1-6-19-69(66,67)58-37-16-15-36(50)41(42(37)51)43(63)35-24-53-46-34(35)20-31(23-52-46)29-11-13-32(14-12-29)56-39(61)17-18-40(62)57-45(49(3,4)5)48(65)59-25-33(60)21-38(59)47(64)54-22-28-7-9-30(10-8-28)44-27(2)55-26-68-44/h7-16,20,23-24,26,33,38,45,58,60H,6,17-19,21-22,25H2,1-5H3,(H,52,53)(H,54,64)(H,56,61)(H,57,62)/t33-,38+,45-/m1/s1. The monoisotopic (exact) mass is 982 g/mol. The average Bonchev–Trinajstić information content (AvgIpc) is 4.05. The van der Waals surface area contributed by atoms with Gasteiger partial charge in [-0.25, -0.2) is 27.2 Å². The van der Waals surface area contributed by atoms with Crippen molar-refractivity contribution in [2.75, 3.05) is 22.3 Å². The Hall–Kier alpha value is -6.90. The van der Waals surface area contributed by atoms with E-state index in [0.29, 0.717) is 16.8 Å². The third-order valence-corrected chi connectivity index (χ3v) is 14.1. The number of nitrogens with zero attached hydrogens (tertiary/aromatic N) is 3. The third-order valence-electron chi connectivity index (χ3n) is 11.6. The first-order chi connectivity index (χ1) is 32.7. The summed E-state index contributed by atoms with van der Waals surface area (Å²) < 4.78 is 57.2. The van der Waals surface area contributed by atoms with Gasteiger partial charge in [-0.1, -0.05) is 64.1 Å². The minimum absolute atomic E-state index is 0.0320. The van der Waals surface area contributed by atoms with Crippen LogP contribution in [0.3, 0.4) is 0 Å². The largest absolute Gasteiger partial charge is 0.391 e. The van der Waals surface area contributed by atoms with Crippen molar-refractivity contribution >= 4 is 73.2 Å². The van der Waals surface area contributed by atoms with E-state index < -0.39 is 85.9 Å². The summed E-state index contributed by atoms with van der Waals surface area (Å²) in [6.45, 7) is 8.98. The molecule has 7 rings (SSSR count). The molecule has 6 N–H and O–H groups in total. The molecule has 0 aliphatic carbocycles. The number of anilines is 2. The lowest BCUT2D eigenvalue weighted by molar-refractivity contribution is -0.144. The molecule has 0 unspecified atom stereocenters. The van der Waals surface area contributed by atoms with E-state index in [1.54, 1.807) is 74.9 Å². The minimum atomic E-state index is -3.94. The van der Waals surface area contributed by atoms with E-state index in [-0.39, 0.29) is 61.1 Å². The Morgan fingerprint density at radius 1 is 0.942 bits per heavy atom. The van der Waals surface area contributed by atoms with Gasteiger partial charge in [0.25, 0.3) is 0 Å². The molecule has 4 heterocycles. The van der Waals surface area contributed by atoms with Crippen molar-refractivity contribution in [3.8, 4) is 21.6 Å². The van der Waals surface area contributed by atoms with Crippen LogP contribution in [0.1, 0.15) is 80.6 Å². The number of hydrogen-bond donors (Lipinski definition) is 6. The molecule has 0 spiro atoms.